The van der Waals surface area contributed by atoms with Gasteiger partial charge in [0.1, 0.15) is 11.7 Å². The van der Waals surface area contributed by atoms with Gasteiger partial charge in [-0.15, -0.1) is 0 Å². The lowest BCUT2D eigenvalue weighted by Gasteiger charge is -2.21. The quantitative estimate of drug-likeness (QED) is 0.514. The summed E-state index contributed by atoms with van der Waals surface area (Å²) in [6, 6.07) is 3.20. The van der Waals surface area contributed by atoms with Gasteiger partial charge in [-0.3, -0.25) is 5.41 Å². The van der Waals surface area contributed by atoms with Crippen molar-refractivity contribution < 1.29 is 8.78 Å². The number of H-pyrrole nitrogens is 1. The van der Waals surface area contributed by atoms with Crippen molar-refractivity contribution in [3.05, 3.63) is 53.1 Å². The molecule has 0 amide bonds. The summed E-state index contributed by atoms with van der Waals surface area (Å²) in [7, 11) is 0. The maximum atomic E-state index is 13.2. The van der Waals surface area contributed by atoms with E-state index in [4.69, 9.17) is 11.1 Å². The van der Waals surface area contributed by atoms with Gasteiger partial charge in [0.2, 0.25) is 0 Å². The lowest BCUT2D eigenvalue weighted by atomic mass is 9.85. The Balaban J connectivity index is 1.94. The van der Waals surface area contributed by atoms with E-state index in [0.717, 1.165) is 36.5 Å². The molecule has 0 bridgehead atoms. The molecule has 26 heavy (non-hydrogen) atoms. The Kier molecular flexibility index (Phi) is 6.23. The SMILES string of the molecule is CCC(C)(C)Cc1cnc(CCC(N)=NC(=N)c2ccc(F)c(F)c2)[nH]1. The lowest BCUT2D eigenvalue weighted by Crippen LogP contribution is -2.16. The van der Waals surface area contributed by atoms with Gasteiger partial charge >= 0.3 is 0 Å². The number of amidine groups is 2. The van der Waals surface area contributed by atoms with E-state index in [9.17, 15) is 8.78 Å². The zero-order valence-electron chi connectivity index (χ0n) is 15.4. The van der Waals surface area contributed by atoms with Crippen molar-refractivity contribution in [2.24, 2.45) is 16.1 Å². The Labute approximate surface area is 152 Å². The molecule has 5 nitrogen and oxygen atoms in total. The molecule has 0 fully saturated rings. The average Bonchev–Trinajstić information content (AvgIpc) is 3.02. The standard InChI is InChI=1S/C19H25F2N5/c1-4-19(2,3)10-13-11-24-17(25-13)8-7-16(22)26-18(23)12-5-6-14(20)15(21)9-12/h5-6,9,11H,4,7-8,10H2,1-3H3,(H,24,25)(H3,22,23,26). The number of hydrogen-bond acceptors (Lipinski definition) is 2. The molecule has 1 aromatic heterocycles. The van der Waals surface area contributed by atoms with Gasteiger partial charge in [-0.25, -0.2) is 18.8 Å². The van der Waals surface area contributed by atoms with Gasteiger partial charge in [-0.2, -0.15) is 0 Å². The summed E-state index contributed by atoms with van der Waals surface area (Å²) >= 11 is 0. The van der Waals surface area contributed by atoms with E-state index in [-0.39, 0.29) is 22.6 Å². The van der Waals surface area contributed by atoms with Crippen LogP contribution in [0.4, 0.5) is 8.78 Å². The van der Waals surface area contributed by atoms with Crippen LogP contribution in [-0.4, -0.2) is 21.6 Å². The van der Waals surface area contributed by atoms with Gasteiger partial charge in [0.25, 0.3) is 0 Å². The second-order valence-electron chi connectivity index (χ2n) is 7.13. The van der Waals surface area contributed by atoms with Crippen LogP contribution in [0.1, 0.15) is 50.7 Å². The molecule has 0 saturated heterocycles. The second-order valence-corrected chi connectivity index (χ2v) is 7.13. The first-order chi connectivity index (χ1) is 12.2. The predicted molar refractivity (Wildman–Crippen MR) is 99.5 cm³/mol. The van der Waals surface area contributed by atoms with Gasteiger partial charge in [0.05, 0.1) is 0 Å². The molecule has 0 radical (unpaired) electrons. The van der Waals surface area contributed by atoms with Crippen molar-refractivity contribution >= 4 is 11.7 Å². The van der Waals surface area contributed by atoms with Crippen LogP contribution in [0.5, 0.6) is 0 Å². The highest BCUT2D eigenvalue weighted by atomic mass is 19.2. The molecule has 0 aliphatic rings. The molecule has 2 rings (SSSR count). The number of rotatable bonds is 7. The van der Waals surface area contributed by atoms with E-state index in [2.05, 4.69) is 35.7 Å². The molecule has 2 aromatic rings. The van der Waals surface area contributed by atoms with Crippen LogP contribution in [0.15, 0.2) is 29.4 Å². The summed E-state index contributed by atoms with van der Waals surface area (Å²) in [5.41, 5.74) is 7.33. The van der Waals surface area contributed by atoms with Crippen LogP contribution in [0.25, 0.3) is 0 Å². The fourth-order valence-corrected chi connectivity index (χ4v) is 2.42. The Morgan fingerprint density at radius 2 is 2.04 bits per heavy atom. The molecule has 4 N–H and O–H groups in total. The number of aromatic nitrogens is 2. The van der Waals surface area contributed by atoms with E-state index >= 15 is 0 Å². The van der Waals surface area contributed by atoms with Crippen molar-refractivity contribution in [1.82, 2.24) is 9.97 Å². The van der Waals surface area contributed by atoms with Crippen molar-refractivity contribution in [3.63, 3.8) is 0 Å². The maximum Gasteiger partial charge on any atom is 0.159 e. The van der Waals surface area contributed by atoms with Crippen molar-refractivity contribution in [3.8, 4) is 0 Å². The van der Waals surface area contributed by atoms with Gasteiger partial charge in [-0.1, -0.05) is 27.2 Å². The number of nitrogens with zero attached hydrogens (tertiary/aromatic N) is 2. The molecular weight excluding hydrogens is 336 g/mol. The van der Waals surface area contributed by atoms with Crippen LogP contribution in [0.2, 0.25) is 0 Å². The average molecular weight is 361 g/mol. The minimum Gasteiger partial charge on any atom is -0.387 e. The van der Waals surface area contributed by atoms with E-state index in [1.165, 1.54) is 6.07 Å². The number of nitrogens with two attached hydrogens (primary N) is 1. The first kappa shape index (κ1) is 19.8. The summed E-state index contributed by atoms with van der Waals surface area (Å²) in [6.45, 7) is 6.58. The number of nitrogens with one attached hydrogen (secondary N) is 2. The summed E-state index contributed by atoms with van der Waals surface area (Å²) in [6.07, 6.45) is 4.81. The van der Waals surface area contributed by atoms with Crippen molar-refractivity contribution in [1.29, 1.82) is 5.41 Å². The third-order valence-corrected chi connectivity index (χ3v) is 4.37. The van der Waals surface area contributed by atoms with Crippen LogP contribution >= 0.6 is 0 Å². The summed E-state index contributed by atoms with van der Waals surface area (Å²) in [5, 5.41) is 7.85. The van der Waals surface area contributed by atoms with Crippen LogP contribution in [0, 0.1) is 22.5 Å². The van der Waals surface area contributed by atoms with E-state index in [0.29, 0.717) is 12.8 Å². The largest absolute Gasteiger partial charge is 0.387 e. The van der Waals surface area contributed by atoms with Gasteiger partial charge in [-0.05, 0) is 30.0 Å². The number of hydrogen-bond donors (Lipinski definition) is 3. The van der Waals surface area contributed by atoms with Gasteiger partial charge in [0, 0.05) is 30.3 Å². The zero-order valence-corrected chi connectivity index (χ0v) is 15.4. The molecule has 7 heteroatoms. The highest BCUT2D eigenvalue weighted by molar-refractivity contribution is 6.04. The Hall–Kier alpha value is -2.57. The number of aryl methyl sites for hydroxylation is 1. The Morgan fingerprint density at radius 1 is 1.31 bits per heavy atom. The molecule has 1 aromatic carbocycles. The van der Waals surface area contributed by atoms with Crippen LogP contribution in [0.3, 0.4) is 0 Å². The first-order valence-electron chi connectivity index (χ1n) is 8.60. The molecule has 0 spiro atoms. The second kappa shape index (κ2) is 8.21. The van der Waals surface area contributed by atoms with Crippen molar-refractivity contribution in [2.45, 2.75) is 46.5 Å². The number of halogens is 2. The van der Waals surface area contributed by atoms with E-state index < -0.39 is 11.6 Å². The van der Waals surface area contributed by atoms with Gasteiger partial charge < -0.3 is 10.7 Å². The highest BCUT2D eigenvalue weighted by Gasteiger charge is 2.17. The highest BCUT2D eigenvalue weighted by Crippen LogP contribution is 2.24. The topological polar surface area (TPSA) is 90.9 Å². The van der Waals surface area contributed by atoms with E-state index in [1.807, 2.05) is 6.20 Å². The monoisotopic (exact) mass is 361 g/mol. The fourth-order valence-electron chi connectivity index (χ4n) is 2.42. The number of benzene rings is 1. The van der Waals surface area contributed by atoms with Crippen LogP contribution in [-0.2, 0) is 12.8 Å². The first-order valence-corrected chi connectivity index (χ1v) is 8.60. The Bertz CT molecular complexity index is 808. The molecular formula is C19H25F2N5. The molecule has 1 heterocycles. The summed E-state index contributed by atoms with van der Waals surface area (Å²) in [5.74, 6) is -1.13. The minimum absolute atomic E-state index is 0.175. The van der Waals surface area contributed by atoms with E-state index in [1.54, 1.807) is 0 Å². The minimum atomic E-state index is -1.01. The molecule has 0 unspecified atom stereocenters. The predicted octanol–water partition coefficient (Wildman–Crippen LogP) is 3.98. The third-order valence-electron chi connectivity index (χ3n) is 4.37. The smallest absolute Gasteiger partial charge is 0.159 e. The molecule has 0 atom stereocenters. The lowest BCUT2D eigenvalue weighted by molar-refractivity contribution is 0.346. The molecule has 0 saturated carbocycles. The normalized spacial score (nSPS) is 12.4. The Morgan fingerprint density at radius 3 is 2.69 bits per heavy atom. The number of aliphatic imine (C=N–C) groups is 1. The zero-order chi connectivity index (χ0) is 19.3. The fraction of sp³-hybridized carbons (Fsp3) is 0.421. The molecule has 140 valence electrons. The third kappa shape index (κ3) is 5.47. The van der Waals surface area contributed by atoms with Crippen LogP contribution < -0.4 is 5.73 Å². The molecule has 0 aliphatic heterocycles. The number of aromatic amines is 1. The number of imidazole rings is 1. The van der Waals surface area contributed by atoms with Gasteiger partial charge in [0.15, 0.2) is 17.5 Å². The maximum absolute atomic E-state index is 13.2. The molecule has 0 aliphatic carbocycles. The summed E-state index contributed by atoms with van der Waals surface area (Å²) < 4.78 is 26.2. The summed E-state index contributed by atoms with van der Waals surface area (Å²) in [4.78, 5) is 11.6. The van der Waals surface area contributed by atoms with Crippen molar-refractivity contribution in [2.75, 3.05) is 0 Å².